The molecule has 7 nitrogen and oxygen atoms in total. The average molecular weight is 640 g/mol. The number of allylic oxidation sites excluding steroid dienone is 1. The Balaban J connectivity index is 1.24. The summed E-state index contributed by atoms with van der Waals surface area (Å²) in [6, 6.07) is 28.0. The number of anilines is 1. The fraction of sp³-hybridized carbons (Fsp3) is 0.0645. The highest BCUT2D eigenvalue weighted by Gasteiger charge is 2.19. The minimum Gasteiger partial charge on any atom is -0.301 e. The van der Waals surface area contributed by atoms with Gasteiger partial charge in [0.1, 0.15) is 0 Å². The molecule has 3 aromatic heterocycles. The number of para-hydroxylation sites is 1. The van der Waals surface area contributed by atoms with E-state index in [9.17, 15) is 4.79 Å². The van der Waals surface area contributed by atoms with Crippen molar-refractivity contribution < 1.29 is 4.79 Å². The Morgan fingerprint density at radius 1 is 0.951 bits per heavy atom. The Morgan fingerprint density at radius 3 is 2.51 bits per heavy atom. The molecule has 0 saturated heterocycles. The van der Waals surface area contributed by atoms with Crippen molar-refractivity contribution in [1.29, 1.82) is 0 Å². The van der Waals surface area contributed by atoms with Gasteiger partial charge in [0.05, 0.1) is 22.7 Å². The van der Waals surface area contributed by atoms with Crippen LogP contribution in [-0.4, -0.2) is 36.4 Å². The van der Waals surface area contributed by atoms with Crippen molar-refractivity contribution in [1.82, 2.24) is 24.7 Å². The SMILES string of the molecule is C=CCn1c(SCC(=O)Nc2nc(-c3ccc(Br)cc3)cs2)nnc1-c1cc(-c2ccccc2)nc2ccccc12. The van der Waals surface area contributed by atoms with Gasteiger partial charge in [-0.15, -0.1) is 28.1 Å². The second-order valence-electron chi connectivity index (χ2n) is 9.03. The zero-order valence-corrected chi connectivity index (χ0v) is 24.9. The van der Waals surface area contributed by atoms with E-state index in [1.165, 1.54) is 23.1 Å². The molecule has 3 aromatic carbocycles. The molecule has 41 heavy (non-hydrogen) atoms. The molecule has 0 atom stereocenters. The number of amides is 1. The number of carbonyl (C=O) groups is 1. The van der Waals surface area contributed by atoms with Gasteiger partial charge in [0.2, 0.25) is 5.91 Å². The lowest BCUT2D eigenvalue weighted by molar-refractivity contribution is -0.113. The summed E-state index contributed by atoms with van der Waals surface area (Å²) in [5.41, 5.74) is 5.47. The van der Waals surface area contributed by atoms with Crippen LogP contribution in [0.2, 0.25) is 0 Å². The van der Waals surface area contributed by atoms with Gasteiger partial charge < -0.3 is 5.32 Å². The molecule has 10 heteroatoms. The molecule has 6 rings (SSSR count). The second-order valence-corrected chi connectivity index (χ2v) is 11.7. The smallest absolute Gasteiger partial charge is 0.236 e. The third kappa shape index (κ3) is 6.00. The largest absolute Gasteiger partial charge is 0.301 e. The van der Waals surface area contributed by atoms with E-state index in [1.54, 1.807) is 6.08 Å². The highest BCUT2D eigenvalue weighted by atomic mass is 79.9. The number of hydrogen-bond donors (Lipinski definition) is 1. The first kappa shape index (κ1) is 27.1. The first-order chi connectivity index (χ1) is 20.1. The van der Waals surface area contributed by atoms with Crippen LogP contribution >= 0.6 is 39.0 Å². The van der Waals surface area contributed by atoms with E-state index in [1.807, 2.05) is 94.9 Å². The lowest BCUT2D eigenvalue weighted by Gasteiger charge is -2.12. The molecule has 0 aliphatic carbocycles. The van der Waals surface area contributed by atoms with Crippen LogP contribution in [0.4, 0.5) is 5.13 Å². The molecule has 0 fully saturated rings. The molecular formula is C31H23BrN6OS2. The summed E-state index contributed by atoms with van der Waals surface area (Å²) < 4.78 is 2.99. The van der Waals surface area contributed by atoms with Crippen molar-refractivity contribution in [3.8, 4) is 33.9 Å². The van der Waals surface area contributed by atoms with Crippen LogP contribution in [0, 0.1) is 0 Å². The van der Waals surface area contributed by atoms with Gasteiger partial charge in [-0.2, -0.15) is 0 Å². The van der Waals surface area contributed by atoms with E-state index >= 15 is 0 Å². The molecule has 0 aliphatic rings. The van der Waals surface area contributed by atoms with E-state index < -0.39 is 0 Å². The standard InChI is InChI=1S/C31H23BrN6OS2/c1-2-16-38-29(24-17-26(20-8-4-3-5-9-20)33-25-11-7-6-10-23(24)25)36-37-31(38)41-19-28(39)35-30-34-27(18-40-30)21-12-14-22(32)15-13-21/h2-15,17-18H,1,16,19H2,(H,34,35,39). The van der Waals surface area contributed by atoms with Crippen LogP contribution in [0.3, 0.4) is 0 Å². The second kappa shape index (κ2) is 12.2. The fourth-order valence-corrected chi connectivity index (χ4v) is 6.12. The van der Waals surface area contributed by atoms with E-state index in [4.69, 9.17) is 4.98 Å². The molecule has 0 bridgehead atoms. The molecule has 3 heterocycles. The van der Waals surface area contributed by atoms with Crippen molar-refractivity contribution in [2.75, 3.05) is 11.1 Å². The number of thiazole rings is 1. The fourth-order valence-electron chi connectivity index (χ4n) is 4.38. The van der Waals surface area contributed by atoms with Gasteiger partial charge in [-0.05, 0) is 24.3 Å². The van der Waals surface area contributed by atoms with Gasteiger partial charge in [-0.3, -0.25) is 9.36 Å². The minimum absolute atomic E-state index is 0.162. The average Bonchev–Trinajstić information content (AvgIpc) is 3.63. The number of nitrogens with one attached hydrogen (secondary N) is 1. The Labute approximate surface area is 253 Å². The lowest BCUT2D eigenvalue weighted by Crippen LogP contribution is -2.14. The quantitative estimate of drug-likeness (QED) is 0.128. The van der Waals surface area contributed by atoms with E-state index in [-0.39, 0.29) is 11.7 Å². The maximum atomic E-state index is 12.8. The minimum atomic E-state index is -0.165. The zero-order chi connectivity index (χ0) is 28.2. The zero-order valence-electron chi connectivity index (χ0n) is 21.7. The van der Waals surface area contributed by atoms with Crippen LogP contribution < -0.4 is 5.32 Å². The van der Waals surface area contributed by atoms with Gasteiger partial charge in [0.25, 0.3) is 0 Å². The predicted molar refractivity (Wildman–Crippen MR) is 171 cm³/mol. The highest BCUT2D eigenvalue weighted by Crippen LogP contribution is 2.33. The van der Waals surface area contributed by atoms with Crippen LogP contribution in [-0.2, 0) is 11.3 Å². The number of aromatic nitrogens is 5. The van der Waals surface area contributed by atoms with Crippen LogP contribution in [0.5, 0.6) is 0 Å². The number of benzene rings is 3. The summed E-state index contributed by atoms with van der Waals surface area (Å²) in [7, 11) is 0. The summed E-state index contributed by atoms with van der Waals surface area (Å²) in [5, 5.41) is 16.0. The number of pyridine rings is 1. The Hall–Kier alpha value is -4.12. The van der Waals surface area contributed by atoms with Crippen molar-refractivity contribution in [3.63, 3.8) is 0 Å². The molecule has 6 aromatic rings. The van der Waals surface area contributed by atoms with E-state index in [0.29, 0.717) is 22.7 Å². The number of rotatable bonds is 9. The molecule has 0 unspecified atom stereocenters. The number of thioether (sulfide) groups is 1. The molecule has 0 spiro atoms. The maximum absolute atomic E-state index is 12.8. The van der Waals surface area contributed by atoms with E-state index in [0.717, 1.165) is 43.5 Å². The number of fused-ring (bicyclic) bond motifs is 1. The van der Waals surface area contributed by atoms with Crippen LogP contribution in [0.1, 0.15) is 0 Å². The molecule has 0 aliphatic heterocycles. The summed E-state index contributed by atoms with van der Waals surface area (Å²) >= 11 is 6.17. The Kier molecular flexibility index (Phi) is 8.04. The topological polar surface area (TPSA) is 85.6 Å². The summed E-state index contributed by atoms with van der Waals surface area (Å²) in [4.78, 5) is 22.3. The predicted octanol–water partition coefficient (Wildman–Crippen LogP) is 7.96. The van der Waals surface area contributed by atoms with Gasteiger partial charge in [-0.25, -0.2) is 9.97 Å². The summed E-state index contributed by atoms with van der Waals surface area (Å²) in [6.07, 6.45) is 1.80. The van der Waals surface area contributed by atoms with Crippen molar-refractivity contribution in [3.05, 3.63) is 107 Å². The maximum Gasteiger partial charge on any atom is 0.236 e. The van der Waals surface area contributed by atoms with Gasteiger partial charge in [-0.1, -0.05) is 94.4 Å². The number of halogens is 1. The van der Waals surface area contributed by atoms with Crippen molar-refractivity contribution in [2.24, 2.45) is 0 Å². The van der Waals surface area contributed by atoms with Crippen LogP contribution in [0.15, 0.2) is 113 Å². The van der Waals surface area contributed by atoms with Crippen LogP contribution in [0.25, 0.3) is 44.8 Å². The Bertz CT molecular complexity index is 1850. The van der Waals surface area contributed by atoms with Crippen molar-refractivity contribution >= 4 is 61.0 Å². The van der Waals surface area contributed by atoms with E-state index in [2.05, 4.69) is 43.0 Å². The monoisotopic (exact) mass is 638 g/mol. The van der Waals surface area contributed by atoms with Gasteiger partial charge >= 0.3 is 0 Å². The lowest BCUT2D eigenvalue weighted by atomic mass is 10.0. The normalized spacial score (nSPS) is 11.0. The molecule has 1 N–H and O–H groups in total. The molecule has 202 valence electrons. The number of nitrogens with zero attached hydrogens (tertiary/aromatic N) is 5. The third-order valence-electron chi connectivity index (χ3n) is 6.28. The number of hydrogen-bond acceptors (Lipinski definition) is 7. The third-order valence-corrected chi connectivity index (χ3v) is 8.53. The van der Waals surface area contributed by atoms with Gasteiger partial charge in [0, 0.05) is 38.5 Å². The number of carbonyl (C=O) groups excluding carboxylic acids is 1. The van der Waals surface area contributed by atoms with Gasteiger partial charge in [0.15, 0.2) is 16.1 Å². The highest BCUT2D eigenvalue weighted by molar-refractivity contribution is 9.10. The molecule has 1 amide bonds. The Morgan fingerprint density at radius 2 is 1.71 bits per heavy atom. The summed E-state index contributed by atoms with van der Waals surface area (Å²) in [5.74, 6) is 0.694. The first-order valence-corrected chi connectivity index (χ1v) is 15.4. The summed E-state index contributed by atoms with van der Waals surface area (Å²) in [6.45, 7) is 4.43. The molecular weight excluding hydrogens is 616 g/mol. The molecule has 0 radical (unpaired) electrons. The van der Waals surface area contributed by atoms with Crippen molar-refractivity contribution in [2.45, 2.75) is 11.7 Å². The molecule has 0 saturated carbocycles. The first-order valence-electron chi connectivity index (χ1n) is 12.7.